The van der Waals surface area contributed by atoms with Crippen LogP contribution in [0.15, 0.2) is 51.4 Å². The number of anilines is 1. The molecule has 2 N–H and O–H groups in total. The highest BCUT2D eigenvalue weighted by Gasteiger charge is 2.10. The van der Waals surface area contributed by atoms with E-state index in [1.807, 2.05) is 6.07 Å². The minimum atomic E-state index is -0.651. The number of carbonyl (C=O) groups excluding carboxylic acids is 2. The molecule has 2 rings (SSSR count). The molecule has 0 atom stereocenters. The molecule has 0 bridgehead atoms. The lowest BCUT2D eigenvalue weighted by Gasteiger charge is -2.10. The highest BCUT2D eigenvalue weighted by atomic mass is 79.9. The van der Waals surface area contributed by atoms with Gasteiger partial charge in [0.2, 0.25) is 0 Å². The summed E-state index contributed by atoms with van der Waals surface area (Å²) in [5, 5.41) is 4.73. The summed E-state index contributed by atoms with van der Waals surface area (Å²) in [5.41, 5.74) is 0.494. The SMILES string of the molecule is COc1cc(NC(=O)NC(=O)COc2cccc(Br)c2)ccc1Br. The number of amides is 3. The zero-order valence-electron chi connectivity index (χ0n) is 12.6. The Morgan fingerprint density at radius 1 is 1.12 bits per heavy atom. The Balaban J connectivity index is 1.84. The van der Waals surface area contributed by atoms with E-state index in [9.17, 15) is 9.59 Å². The second-order valence-electron chi connectivity index (χ2n) is 4.60. The molecule has 0 saturated carbocycles. The van der Waals surface area contributed by atoms with Crippen molar-refractivity contribution >= 4 is 49.5 Å². The van der Waals surface area contributed by atoms with Crippen LogP contribution in [0, 0.1) is 0 Å². The van der Waals surface area contributed by atoms with Gasteiger partial charge in [0.1, 0.15) is 11.5 Å². The van der Waals surface area contributed by atoms with Crippen molar-refractivity contribution in [3.8, 4) is 11.5 Å². The van der Waals surface area contributed by atoms with E-state index in [4.69, 9.17) is 9.47 Å². The van der Waals surface area contributed by atoms with Crippen LogP contribution in [0.5, 0.6) is 11.5 Å². The van der Waals surface area contributed by atoms with Gasteiger partial charge < -0.3 is 14.8 Å². The van der Waals surface area contributed by atoms with Gasteiger partial charge in [0.05, 0.1) is 11.6 Å². The summed E-state index contributed by atoms with van der Waals surface area (Å²) in [7, 11) is 1.52. The molecule has 0 saturated heterocycles. The van der Waals surface area contributed by atoms with Gasteiger partial charge in [-0.3, -0.25) is 10.1 Å². The van der Waals surface area contributed by atoms with Crippen molar-refractivity contribution in [2.75, 3.05) is 19.0 Å². The van der Waals surface area contributed by atoms with E-state index in [1.165, 1.54) is 7.11 Å². The first kappa shape index (κ1) is 18.3. The van der Waals surface area contributed by atoms with Crippen LogP contribution in [0.2, 0.25) is 0 Å². The van der Waals surface area contributed by atoms with Gasteiger partial charge in [0, 0.05) is 16.2 Å². The fraction of sp³-hybridized carbons (Fsp3) is 0.125. The van der Waals surface area contributed by atoms with Crippen molar-refractivity contribution in [2.45, 2.75) is 0 Å². The minimum absolute atomic E-state index is 0.270. The molecule has 0 aliphatic carbocycles. The van der Waals surface area contributed by atoms with E-state index in [2.05, 4.69) is 42.5 Å². The number of urea groups is 1. The van der Waals surface area contributed by atoms with E-state index in [1.54, 1.807) is 36.4 Å². The largest absolute Gasteiger partial charge is 0.495 e. The second-order valence-corrected chi connectivity index (χ2v) is 6.37. The maximum Gasteiger partial charge on any atom is 0.325 e. The summed E-state index contributed by atoms with van der Waals surface area (Å²) in [6, 6.07) is 11.4. The molecule has 126 valence electrons. The number of benzene rings is 2. The Morgan fingerprint density at radius 3 is 2.62 bits per heavy atom. The molecule has 0 aliphatic heterocycles. The maximum atomic E-state index is 11.8. The van der Waals surface area contributed by atoms with Gasteiger partial charge >= 0.3 is 6.03 Å². The average Bonchev–Trinajstić information content (AvgIpc) is 2.54. The topological polar surface area (TPSA) is 76.7 Å². The molecular formula is C16H14Br2N2O4. The first-order valence-electron chi connectivity index (χ1n) is 6.80. The summed E-state index contributed by atoms with van der Waals surface area (Å²) in [6.07, 6.45) is 0. The normalized spacial score (nSPS) is 9.96. The lowest BCUT2D eigenvalue weighted by atomic mass is 10.3. The van der Waals surface area contributed by atoms with Crippen molar-refractivity contribution in [3.63, 3.8) is 0 Å². The molecule has 0 heterocycles. The molecule has 0 aromatic heterocycles. The Labute approximate surface area is 155 Å². The maximum absolute atomic E-state index is 11.8. The number of halogens is 2. The van der Waals surface area contributed by atoms with Crippen LogP contribution >= 0.6 is 31.9 Å². The number of imide groups is 1. The van der Waals surface area contributed by atoms with Crippen molar-refractivity contribution < 1.29 is 19.1 Å². The molecule has 0 fully saturated rings. The van der Waals surface area contributed by atoms with E-state index < -0.39 is 11.9 Å². The Kier molecular flexibility index (Phi) is 6.62. The average molecular weight is 458 g/mol. The Bertz CT molecular complexity index is 753. The minimum Gasteiger partial charge on any atom is -0.495 e. The predicted octanol–water partition coefficient (Wildman–Crippen LogP) is 3.95. The number of methoxy groups -OCH3 is 1. The fourth-order valence-corrected chi connectivity index (χ4v) is 2.55. The molecule has 6 nitrogen and oxygen atoms in total. The summed E-state index contributed by atoms with van der Waals surface area (Å²) in [4.78, 5) is 23.6. The van der Waals surface area contributed by atoms with Crippen LogP contribution < -0.4 is 20.1 Å². The monoisotopic (exact) mass is 456 g/mol. The third-order valence-corrected chi connectivity index (χ3v) is 3.98. The smallest absolute Gasteiger partial charge is 0.325 e. The van der Waals surface area contributed by atoms with Crippen LogP contribution in [-0.4, -0.2) is 25.7 Å². The van der Waals surface area contributed by atoms with Gasteiger partial charge in [-0.1, -0.05) is 22.0 Å². The third-order valence-electron chi connectivity index (χ3n) is 2.83. The molecule has 3 amide bonds. The lowest BCUT2D eigenvalue weighted by Crippen LogP contribution is -2.37. The van der Waals surface area contributed by atoms with Crippen LogP contribution in [0.3, 0.4) is 0 Å². The lowest BCUT2D eigenvalue weighted by molar-refractivity contribution is -0.121. The molecular weight excluding hydrogens is 444 g/mol. The highest BCUT2D eigenvalue weighted by molar-refractivity contribution is 9.10. The number of hydrogen-bond acceptors (Lipinski definition) is 4. The highest BCUT2D eigenvalue weighted by Crippen LogP contribution is 2.27. The fourth-order valence-electron chi connectivity index (χ4n) is 1.77. The number of ether oxygens (including phenoxy) is 2. The van der Waals surface area contributed by atoms with Gasteiger partial charge in [-0.2, -0.15) is 0 Å². The van der Waals surface area contributed by atoms with Crippen LogP contribution in [0.4, 0.5) is 10.5 Å². The van der Waals surface area contributed by atoms with Crippen molar-refractivity contribution in [1.29, 1.82) is 0 Å². The molecule has 0 aliphatic rings. The van der Waals surface area contributed by atoms with E-state index in [-0.39, 0.29) is 6.61 Å². The second kappa shape index (κ2) is 8.70. The number of hydrogen-bond donors (Lipinski definition) is 2. The number of carbonyl (C=O) groups is 2. The van der Waals surface area contributed by atoms with Crippen LogP contribution in [0.25, 0.3) is 0 Å². The van der Waals surface area contributed by atoms with Gasteiger partial charge in [-0.05, 0) is 46.3 Å². The van der Waals surface area contributed by atoms with Crippen LogP contribution in [-0.2, 0) is 4.79 Å². The van der Waals surface area contributed by atoms with Gasteiger partial charge in [0.25, 0.3) is 5.91 Å². The summed E-state index contributed by atoms with van der Waals surface area (Å²) in [6.45, 7) is -0.270. The Morgan fingerprint density at radius 2 is 1.92 bits per heavy atom. The first-order valence-corrected chi connectivity index (χ1v) is 8.39. The molecule has 2 aromatic carbocycles. The summed E-state index contributed by atoms with van der Waals surface area (Å²) in [5.74, 6) is 0.534. The standard InChI is InChI=1S/C16H14Br2N2O4/c1-23-14-8-11(5-6-13(14)18)19-16(22)20-15(21)9-24-12-4-2-3-10(17)7-12/h2-8H,9H2,1H3,(H2,19,20,21,22). The van der Waals surface area contributed by atoms with E-state index >= 15 is 0 Å². The molecule has 0 spiro atoms. The van der Waals surface area contributed by atoms with Crippen molar-refractivity contribution in [3.05, 3.63) is 51.4 Å². The zero-order valence-corrected chi connectivity index (χ0v) is 15.8. The molecule has 0 unspecified atom stereocenters. The first-order chi connectivity index (χ1) is 11.5. The third kappa shape index (κ3) is 5.54. The number of nitrogens with one attached hydrogen (secondary N) is 2. The zero-order chi connectivity index (χ0) is 17.5. The van der Waals surface area contributed by atoms with Crippen molar-refractivity contribution in [2.24, 2.45) is 0 Å². The van der Waals surface area contributed by atoms with E-state index in [0.29, 0.717) is 17.2 Å². The number of rotatable bonds is 5. The molecule has 8 heteroatoms. The summed E-state index contributed by atoms with van der Waals surface area (Å²) < 4.78 is 12.0. The van der Waals surface area contributed by atoms with Crippen LogP contribution in [0.1, 0.15) is 0 Å². The van der Waals surface area contributed by atoms with Gasteiger partial charge in [-0.15, -0.1) is 0 Å². The molecule has 2 aromatic rings. The van der Waals surface area contributed by atoms with Gasteiger partial charge in [-0.25, -0.2) is 4.79 Å². The molecule has 0 radical (unpaired) electrons. The van der Waals surface area contributed by atoms with E-state index in [0.717, 1.165) is 8.95 Å². The molecule has 24 heavy (non-hydrogen) atoms. The Hall–Kier alpha value is -2.06. The summed E-state index contributed by atoms with van der Waals surface area (Å²) >= 11 is 6.62. The van der Waals surface area contributed by atoms with Gasteiger partial charge in [0.15, 0.2) is 6.61 Å². The van der Waals surface area contributed by atoms with Crippen molar-refractivity contribution in [1.82, 2.24) is 5.32 Å². The predicted molar refractivity (Wildman–Crippen MR) is 97.5 cm³/mol. The quantitative estimate of drug-likeness (QED) is 0.712.